The Morgan fingerprint density at radius 3 is 2.48 bits per heavy atom. The van der Waals surface area contributed by atoms with Gasteiger partial charge in [0.2, 0.25) is 11.5 Å². The van der Waals surface area contributed by atoms with Gasteiger partial charge in [-0.2, -0.15) is 10.4 Å². The first-order valence-corrected chi connectivity index (χ1v) is 14.5. The molecule has 13 heteroatoms. The zero-order valence-corrected chi connectivity index (χ0v) is 25.3. The van der Waals surface area contributed by atoms with Crippen LogP contribution < -0.4 is 11.1 Å². The van der Waals surface area contributed by atoms with Crippen LogP contribution >= 0.6 is 0 Å². The molecule has 3 aromatic rings. The minimum absolute atomic E-state index is 0.0215. The number of nitrogens with zero attached hydrogens (tertiary/aromatic N) is 4. The van der Waals surface area contributed by atoms with E-state index in [2.05, 4.69) is 15.4 Å². The highest BCUT2D eigenvalue weighted by Crippen LogP contribution is 2.42. The number of hydrogen-bond donors (Lipinski definition) is 3. The number of carbonyl (C=O) groups excluding carboxylic acids is 3. The van der Waals surface area contributed by atoms with Crippen molar-refractivity contribution in [1.82, 2.24) is 14.6 Å². The molecule has 44 heavy (non-hydrogen) atoms. The lowest BCUT2D eigenvalue weighted by atomic mass is 9.92. The van der Waals surface area contributed by atoms with Crippen LogP contribution in [0.25, 0.3) is 5.52 Å². The van der Waals surface area contributed by atoms with E-state index in [4.69, 9.17) is 19.9 Å². The van der Waals surface area contributed by atoms with Crippen molar-refractivity contribution in [3.05, 3.63) is 60.0 Å². The molecule has 4 rings (SSSR count). The molecule has 0 saturated carbocycles. The van der Waals surface area contributed by atoms with E-state index in [0.29, 0.717) is 5.52 Å². The quantitative estimate of drug-likeness (QED) is 0.271. The molecule has 1 amide bonds. The van der Waals surface area contributed by atoms with E-state index in [9.17, 15) is 24.8 Å². The van der Waals surface area contributed by atoms with Gasteiger partial charge in [-0.1, -0.05) is 65.0 Å². The molecular formula is C31H38N6O7. The molecule has 2 aromatic heterocycles. The van der Waals surface area contributed by atoms with Gasteiger partial charge >= 0.3 is 11.9 Å². The van der Waals surface area contributed by atoms with Crippen molar-refractivity contribution >= 4 is 29.2 Å². The molecule has 1 aromatic carbocycles. The molecule has 0 unspecified atom stereocenters. The van der Waals surface area contributed by atoms with Gasteiger partial charge in [0.05, 0.1) is 12.1 Å². The highest BCUT2D eigenvalue weighted by atomic mass is 16.6. The second kappa shape index (κ2) is 13.5. The van der Waals surface area contributed by atoms with Crippen molar-refractivity contribution in [2.75, 3.05) is 11.9 Å². The van der Waals surface area contributed by atoms with Crippen LogP contribution in [0.15, 0.2) is 48.8 Å². The Balaban J connectivity index is 1.66. The van der Waals surface area contributed by atoms with Crippen molar-refractivity contribution in [2.24, 2.45) is 23.5 Å². The Kier molecular flexibility index (Phi) is 9.98. The van der Waals surface area contributed by atoms with Crippen molar-refractivity contribution in [3.63, 3.8) is 0 Å². The summed E-state index contributed by atoms with van der Waals surface area (Å²) in [5.74, 6) is -1.94. The van der Waals surface area contributed by atoms with Gasteiger partial charge in [-0.05, 0) is 29.5 Å². The van der Waals surface area contributed by atoms with Crippen LogP contribution in [0.5, 0.6) is 0 Å². The van der Waals surface area contributed by atoms with Gasteiger partial charge in [0, 0.05) is 5.92 Å². The van der Waals surface area contributed by atoms with E-state index in [-0.39, 0.29) is 41.6 Å². The molecule has 6 atom stereocenters. The number of hydrogen-bond acceptors (Lipinski definition) is 11. The maximum atomic E-state index is 12.9. The van der Waals surface area contributed by atoms with Gasteiger partial charge in [0.15, 0.2) is 11.9 Å². The number of aromatic nitrogens is 3. The molecule has 1 aliphatic heterocycles. The minimum Gasteiger partial charge on any atom is -0.463 e. The first-order valence-electron chi connectivity index (χ1n) is 14.5. The molecule has 4 N–H and O–H groups in total. The maximum absolute atomic E-state index is 12.9. The number of carbonyl (C=O) groups is 3. The van der Waals surface area contributed by atoms with Crippen LogP contribution in [0.2, 0.25) is 0 Å². The van der Waals surface area contributed by atoms with Gasteiger partial charge in [-0.25, -0.2) is 9.50 Å². The fraction of sp³-hybridized carbons (Fsp3) is 0.484. The number of esters is 2. The first-order chi connectivity index (χ1) is 20.9. The number of nitrogens with one attached hydrogen (secondary N) is 1. The molecule has 0 radical (unpaired) electrons. The van der Waals surface area contributed by atoms with Crippen LogP contribution in [0, 0.1) is 29.1 Å². The third-order valence-electron chi connectivity index (χ3n) is 7.93. The topological polar surface area (TPSA) is 191 Å². The lowest BCUT2D eigenvalue weighted by Crippen LogP contribution is -2.46. The predicted molar refractivity (Wildman–Crippen MR) is 158 cm³/mol. The monoisotopic (exact) mass is 606 g/mol. The van der Waals surface area contributed by atoms with Crippen LogP contribution in [0.1, 0.15) is 45.9 Å². The Morgan fingerprint density at radius 1 is 1.14 bits per heavy atom. The van der Waals surface area contributed by atoms with E-state index in [1.54, 1.807) is 51.1 Å². The van der Waals surface area contributed by atoms with Gasteiger partial charge in [-0.3, -0.25) is 14.4 Å². The number of nitrogens with two attached hydrogens (primary N) is 1. The summed E-state index contributed by atoms with van der Waals surface area (Å²) < 4.78 is 18.5. The summed E-state index contributed by atoms with van der Waals surface area (Å²) in [5, 5.41) is 29.1. The Hall–Kier alpha value is -4.38. The summed E-state index contributed by atoms with van der Waals surface area (Å²) in [5.41, 5.74) is 5.04. The zero-order chi connectivity index (χ0) is 32.2. The lowest BCUT2D eigenvalue weighted by Gasteiger charge is -2.25. The lowest BCUT2D eigenvalue weighted by molar-refractivity contribution is -0.162. The molecule has 1 saturated heterocycles. The number of amides is 1. The minimum atomic E-state index is -2.11. The van der Waals surface area contributed by atoms with Crippen molar-refractivity contribution in [3.8, 4) is 6.07 Å². The first kappa shape index (κ1) is 32.5. The van der Waals surface area contributed by atoms with Crippen LogP contribution in [0.3, 0.4) is 0 Å². The largest absolute Gasteiger partial charge is 0.463 e. The average molecular weight is 607 g/mol. The third-order valence-corrected chi connectivity index (χ3v) is 7.93. The molecule has 234 valence electrons. The standard InChI is InChI=1S/C31H38N6O7/c1-17(2)19(5)29(40)36-28-21-11-12-23(37(21)35-16-34-28)31(15-32)27(39)26(43-30(41)25(33)18(3)4)22(44-31)14-42-24(38)13-20-9-7-6-8-10-20/h6-12,16-19,22,25-27,39H,13-14,33H2,1-5H3,(H,34,35,36,40)/t19-,22+,25-,26+,27+,31-/m0/s1. The molecule has 0 aliphatic carbocycles. The van der Waals surface area contributed by atoms with Crippen LogP contribution in [-0.2, 0) is 40.6 Å². The second-order valence-electron chi connectivity index (χ2n) is 11.6. The number of aliphatic hydroxyl groups is 1. The van der Waals surface area contributed by atoms with Crippen molar-refractivity contribution in [2.45, 2.75) is 71.0 Å². The summed E-state index contributed by atoms with van der Waals surface area (Å²) in [7, 11) is 0. The number of rotatable bonds is 11. The number of aliphatic hydroxyl groups excluding tert-OH is 1. The number of nitriles is 1. The third kappa shape index (κ3) is 6.57. The van der Waals surface area contributed by atoms with E-state index in [1.165, 1.54) is 16.9 Å². The van der Waals surface area contributed by atoms with Gasteiger partial charge < -0.3 is 30.4 Å². The number of benzene rings is 1. The second-order valence-corrected chi connectivity index (χ2v) is 11.6. The van der Waals surface area contributed by atoms with E-state index < -0.39 is 48.5 Å². The molecule has 13 nitrogen and oxygen atoms in total. The molecule has 0 spiro atoms. The molecule has 0 bridgehead atoms. The molecular weight excluding hydrogens is 568 g/mol. The van der Waals surface area contributed by atoms with E-state index >= 15 is 0 Å². The normalized spacial score (nSPS) is 22.9. The Labute approximate surface area is 255 Å². The zero-order valence-electron chi connectivity index (χ0n) is 25.3. The van der Waals surface area contributed by atoms with E-state index in [1.807, 2.05) is 26.0 Å². The summed E-state index contributed by atoms with van der Waals surface area (Å²) in [4.78, 5) is 42.5. The maximum Gasteiger partial charge on any atom is 0.323 e. The number of fused-ring (bicyclic) bond motifs is 1. The molecule has 1 fully saturated rings. The number of ether oxygens (including phenoxy) is 3. The number of anilines is 1. The Bertz CT molecular complexity index is 1540. The molecule has 1 aliphatic rings. The van der Waals surface area contributed by atoms with Gasteiger partial charge in [0.25, 0.3) is 0 Å². The SMILES string of the molecule is CC(C)[C@H](C)C(=O)Nc1ncnn2c([C@]3(C#N)O[C@H](COC(=O)Cc4ccccc4)[C@@H](OC(=O)[C@@H](N)C(C)C)[C@H]3O)ccc12. The summed E-state index contributed by atoms with van der Waals surface area (Å²) >= 11 is 0. The van der Waals surface area contributed by atoms with E-state index in [0.717, 1.165) is 5.56 Å². The van der Waals surface area contributed by atoms with Crippen LogP contribution in [0.4, 0.5) is 5.82 Å². The summed E-state index contributed by atoms with van der Waals surface area (Å²) in [6.45, 7) is 8.71. The fourth-order valence-electron chi connectivity index (χ4n) is 4.76. The van der Waals surface area contributed by atoms with Crippen molar-refractivity contribution < 1.29 is 33.7 Å². The highest BCUT2D eigenvalue weighted by molar-refractivity contribution is 5.95. The smallest absolute Gasteiger partial charge is 0.323 e. The summed E-state index contributed by atoms with van der Waals surface area (Å²) in [6.07, 6.45) is -3.21. The van der Waals surface area contributed by atoms with Gasteiger partial charge in [-0.15, -0.1) is 0 Å². The van der Waals surface area contributed by atoms with Gasteiger partial charge in [0.1, 0.15) is 42.8 Å². The van der Waals surface area contributed by atoms with Crippen molar-refractivity contribution in [1.29, 1.82) is 5.26 Å². The predicted octanol–water partition coefficient (Wildman–Crippen LogP) is 2.12. The van der Waals surface area contributed by atoms with Crippen LogP contribution in [-0.4, -0.2) is 68.5 Å². The highest BCUT2D eigenvalue weighted by Gasteiger charge is 2.60. The average Bonchev–Trinajstić information content (AvgIpc) is 3.55. The Morgan fingerprint density at radius 2 is 1.84 bits per heavy atom. The fourth-order valence-corrected chi connectivity index (χ4v) is 4.76. The molecule has 3 heterocycles. The summed E-state index contributed by atoms with van der Waals surface area (Å²) in [6, 6.07) is 13.0.